The molecule has 19 heavy (non-hydrogen) atoms. The second-order valence-corrected chi connectivity index (χ2v) is 4.67. The number of nitrogens with zero attached hydrogens (tertiary/aromatic N) is 4. The fourth-order valence-corrected chi connectivity index (χ4v) is 2.06. The maximum absolute atomic E-state index is 12.1. The number of hydrogen-bond acceptors (Lipinski definition) is 4. The number of imidazole rings is 1. The van der Waals surface area contributed by atoms with E-state index in [0.717, 1.165) is 4.57 Å². The number of aliphatic hydroxyl groups excluding tert-OH is 1. The molecule has 0 radical (unpaired) electrons. The number of aromatic nitrogens is 4. The molecule has 7 nitrogen and oxygen atoms in total. The Morgan fingerprint density at radius 1 is 1.32 bits per heavy atom. The highest BCUT2D eigenvalue weighted by Crippen LogP contribution is 2.08. The summed E-state index contributed by atoms with van der Waals surface area (Å²) in [6.07, 6.45) is 2.36. The molecule has 0 bridgehead atoms. The molecule has 2 aromatic heterocycles. The lowest BCUT2D eigenvalue weighted by molar-refractivity contribution is 0.155. The van der Waals surface area contributed by atoms with Gasteiger partial charge in [-0.15, -0.1) is 0 Å². The zero-order valence-electron chi connectivity index (χ0n) is 11.3. The van der Waals surface area contributed by atoms with Crippen LogP contribution >= 0.6 is 0 Å². The van der Waals surface area contributed by atoms with Crippen LogP contribution in [0.4, 0.5) is 0 Å². The highest BCUT2D eigenvalue weighted by Gasteiger charge is 2.14. The van der Waals surface area contributed by atoms with Gasteiger partial charge < -0.3 is 9.67 Å². The Morgan fingerprint density at radius 2 is 2.00 bits per heavy atom. The predicted molar refractivity (Wildman–Crippen MR) is 71.1 cm³/mol. The molecule has 0 aliphatic rings. The Labute approximate surface area is 109 Å². The Morgan fingerprint density at radius 3 is 2.63 bits per heavy atom. The van der Waals surface area contributed by atoms with Gasteiger partial charge in [0.2, 0.25) is 0 Å². The van der Waals surface area contributed by atoms with Crippen LogP contribution in [0.5, 0.6) is 0 Å². The largest absolute Gasteiger partial charge is 0.393 e. The molecule has 104 valence electrons. The van der Waals surface area contributed by atoms with Gasteiger partial charge in [-0.3, -0.25) is 13.9 Å². The van der Waals surface area contributed by atoms with Crippen molar-refractivity contribution in [3.05, 3.63) is 27.2 Å². The van der Waals surface area contributed by atoms with E-state index in [2.05, 4.69) is 4.98 Å². The first-order valence-electron chi connectivity index (χ1n) is 6.26. The van der Waals surface area contributed by atoms with Crippen molar-refractivity contribution in [1.29, 1.82) is 0 Å². The van der Waals surface area contributed by atoms with E-state index in [1.807, 2.05) is 6.92 Å². The monoisotopic (exact) mass is 266 g/mol. The van der Waals surface area contributed by atoms with E-state index in [4.69, 9.17) is 0 Å². The molecule has 0 aliphatic heterocycles. The maximum atomic E-state index is 12.1. The molecule has 2 heterocycles. The molecular formula is C12H18N4O3. The summed E-state index contributed by atoms with van der Waals surface area (Å²) in [5, 5.41) is 9.58. The summed E-state index contributed by atoms with van der Waals surface area (Å²) in [4.78, 5) is 28.0. The molecule has 0 spiro atoms. The first-order valence-corrected chi connectivity index (χ1v) is 6.26. The first-order chi connectivity index (χ1) is 8.97. The van der Waals surface area contributed by atoms with Crippen LogP contribution in [0.3, 0.4) is 0 Å². The van der Waals surface area contributed by atoms with Gasteiger partial charge in [-0.2, -0.15) is 0 Å². The van der Waals surface area contributed by atoms with E-state index in [-0.39, 0.29) is 5.56 Å². The fourth-order valence-electron chi connectivity index (χ4n) is 2.06. The minimum absolute atomic E-state index is 0.360. The molecule has 1 atom stereocenters. The topological polar surface area (TPSA) is 82.1 Å². The van der Waals surface area contributed by atoms with Gasteiger partial charge in [-0.05, 0) is 12.8 Å². The standard InChI is InChI=1S/C12H18N4O3/c1-4-8(17)5-6-16-7-13-10-9(16)11(18)15(3)12(19)14(10)2/h7-8,17H,4-6H2,1-3H3. The first kappa shape index (κ1) is 13.5. The average Bonchev–Trinajstić information content (AvgIpc) is 2.84. The Bertz CT molecular complexity index is 710. The smallest absolute Gasteiger partial charge is 0.332 e. The van der Waals surface area contributed by atoms with Crippen LogP contribution in [0, 0.1) is 0 Å². The Hall–Kier alpha value is -1.89. The number of hydrogen-bond donors (Lipinski definition) is 1. The lowest BCUT2D eigenvalue weighted by atomic mass is 10.2. The molecule has 0 saturated heterocycles. The van der Waals surface area contributed by atoms with Crippen molar-refractivity contribution in [2.75, 3.05) is 0 Å². The summed E-state index contributed by atoms with van der Waals surface area (Å²) in [6.45, 7) is 2.40. The van der Waals surface area contributed by atoms with Crippen molar-refractivity contribution in [3.63, 3.8) is 0 Å². The third-order valence-corrected chi connectivity index (χ3v) is 3.39. The normalized spacial score (nSPS) is 13.1. The van der Waals surface area contributed by atoms with E-state index in [9.17, 15) is 14.7 Å². The molecule has 0 fully saturated rings. The maximum Gasteiger partial charge on any atom is 0.332 e. The third kappa shape index (κ3) is 2.21. The van der Waals surface area contributed by atoms with Gasteiger partial charge in [0.1, 0.15) is 0 Å². The molecule has 2 rings (SSSR count). The Kier molecular flexibility index (Phi) is 3.57. The molecule has 1 N–H and O–H groups in total. The summed E-state index contributed by atoms with van der Waals surface area (Å²) >= 11 is 0. The molecule has 0 amide bonds. The molecule has 1 unspecified atom stereocenters. The van der Waals surface area contributed by atoms with Gasteiger partial charge >= 0.3 is 5.69 Å². The van der Waals surface area contributed by atoms with Crippen molar-refractivity contribution in [1.82, 2.24) is 18.7 Å². The number of aryl methyl sites for hydroxylation is 2. The van der Waals surface area contributed by atoms with E-state index < -0.39 is 11.8 Å². The quantitative estimate of drug-likeness (QED) is 0.816. The number of fused-ring (bicyclic) bond motifs is 1. The minimum atomic E-state index is -0.395. The zero-order valence-corrected chi connectivity index (χ0v) is 11.3. The van der Waals surface area contributed by atoms with Crippen LogP contribution in [0.15, 0.2) is 15.9 Å². The van der Waals surface area contributed by atoms with Crippen molar-refractivity contribution in [3.8, 4) is 0 Å². The average molecular weight is 266 g/mol. The lowest BCUT2D eigenvalue weighted by Crippen LogP contribution is -2.37. The van der Waals surface area contributed by atoms with Gasteiger partial charge in [-0.25, -0.2) is 9.78 Å². The minimum Gasteiger partial charge on any atom is -0.393 e. The van der Waals surface area contributed by atoms with Crippen molar-refractivity contribution in [2.45, 2.75) is 32.4 Å². The molecule has 0 aliphatic carbocycles. The number of aliphatic hydroxyl groups is 1. The molecular weight excluding hydrogens is 248 g/mol. The lowest BCUT2D eigenvalue weighted by Gasteiger charge is -2.09. The predicted octanol–water partition coefficient (Wildman–Crippen LogP) is -0.405. The van der Waals surface area contributed by atoms with Gasteiger partial charge in [0, 0.05) is 20.6 Å². The SMILES string of the molecule is CCC(O)CCn1cnc2c1c(=O)n(C)c(=O)n2C. The molecule has 2 aromatic rings. The van der Waals surface area contributed by atoms with E-state index in [0.29, 0.717) is 30.6 Å². The second-order valence-electron chi connectivity index (χ2n) is 4.67. The zero-order chi connectivity index (χ0) is 14.2. The van der Waals surface area contributed by atoms with Gasteiger partial charge in [0.05, 0.1) is 12.4 Å². The molecule has 7 heteroatoms. The van der Waals surface area contributed by atoms with Gasteiger partial charge in [0.25, 0.3) is 5.56 Å². The molecule has 0 aromatic carbocycles. The van der Waals surface area contributed by atoms with Crippen LogP contribution in [-0.2, 0) is 20.6 Å². The van der Waals surface area contributed by atoms with Crippen LogP contribution < -0.4 is 11.2 Å². The summed E-state index contributed by atoms with van der Waals surface area (Å²) in [7, 11) is 3.03. The summed E-state index contributed by atoms with van der Waals surface area (Å²) in [5.74, 6) is 0. The van der Waals surface area contributed by atoms with Crippen LogP contribution in [0.2, 0.25) is 0 Å². The van der Waals surface area contributed by atoms with Crippen molar-refractivity contribution < 1.29 is 5.11 Å². The van der Waals surface area contributed by atoms with Crippen LogP contribution in [0.25, 0.3) is 11.2 Å². The fraction of sp³-hybridized carbons (Fsp3) is 0.583. The van der Waals surface area contributed by atoms with Crippen molar-refractivity contribution in [2.24, 2.45) is 14.1 Å². The van der Waals surface area contributed by atoms with Crippen LogP contribution in [0.1, 0.15) is 19.8 Å². The van der Waals surface area contributed by atoms with E-state index in [1.165, 1.54) is 17.9 Å². The van der Waals surface area contributed by atoms with Gasteiger partial charge in [-0.1, -0.05) is 6.92 Å². The van der Waals surface area contributed by atoms with Crippen LogP contribution in [-0.4, -0.2) is 29.9 Å². The highest BCUT2D eigenvalue weighted by atomic mass is 16.3. The summed E-state index contributed by atoms with van der Waals surface area (Å²) < 4.78 is 4.11. The number of rotatable bonds is 4. The summed E-state index contributed by atoms with van der Waals surface area (Å²) in [5.41, 5.74) is 0.0184. The second kappa shape index (κ2) is 5.00. The van der Waals surface area contributed by atoms with E-state index in [1.54, 1.807) is 11.6 Å². The van der Waals surface area contributed by atoms with E-state index >= 15 is 0 Å². The summed E-state index contributed by atoms with van der Waals surface area (Å²) in [6, 6.07) is 0. The third-order valence-electron chi connectivity index (χ3n) is 3.39. The highest BCUT2D eigenvalue weighted by molar-refractivity contribution is 5.69. The van der Waals surface area contributed by atoms with Gasteiger partial charge in [0.15, 0.2) is 11.2 Å². The Balaban J connectivity index is 2.54. The molecule has 0 saturated carbocycles. The van der Waals surface area contributed by atoms with Crippen molar-refractivity contribution >= 4 is 11.2 Å².